The number of aryl methyl sites for hydroxylation is 1. The lowest BCUT2D eigenvalue weighted by Crippen LogP contribution is -2.00. The highest BCUT2D eigenvalue weighted by Gasteiger charge is 2.17. The van der Waals surface area contributed by atoms with E-state index >= 15 is 0 Å². The average molecular weight is 395 g/mol. The number of ketones is 1. The second-order valence-corrected chi connectivity index (χ2v) is 6.54. The molecular formula is C12H7Br2ClOS. The summed E-state index contributed by atoms with van der Waals surface area (Å²) in [5.74, 6) is -0.0156. The molecule has 0 radical (unpaired) electrons. The summed E-state index contributed by atoms with van der Waals surface area (Å²) in [5.41, 5.74) is 1.60. The smallest absolute Gasteiger partial charge is 0.204 e. The summed E-state index contributed by atoms with van der Waals surface area (Å²) >= 11 is 14.1. The first kappa shape index (κ1) is 13.3. The molecule has 5 heteroatoms. The van der Waals surface area contributed by atoms with Crippen molar-refractivity contribution >= 4 is 60.6 Å². The predicted octanol–water partition coefficient (Wildman–Crippen LogP) is 5.47. The van der Waals surface area contributed by atoms with E-state index in [1.54, 1.807) is 6.07 Å². The van der Waals surface area contributed by atoms with Gasteiger partial charge in [-0.05, 0) is 62.5 Å². The molecule has 0 amide bonds. The number of hydrogen-bond acceptors (Lipinski definition) is 2. The van der Waals surface area contributed by atoms with Crippen LogP contribution in [0.3, 0.4) is 0 Å². The van der Waals surface area contributed by atoms with Gasteiger partial charge >= 0.3 is 0 Å². The van der Waals surface area contributed by atoms with Crippen molar-refractivity contribution in [2.24, 2.45) is 0 Å². The molecule has 2 aromatic rings. The van der Waals surface area contributed by atoms with Crippen LogP contribution in [-0.4, -0.2) is 5.78 Å². The van der Waals surface area contributed by atoms with Gasteiger partial charge in [0.15, 0.2) is 0 Å². The molecule has 1 aromatic carbocycles. The second-order valence-electron chi connectivity index (χ2n) is 3.57. The summed E-state index contributed by atoms with van der Waals surface area (Å²) in [4.78, 5) is 13.0. The summed E-state index contributed by atoms with van der Waals surface area (Å²) in [5, 5.41) is 2.47. The molecule has 0 spiro atoms. The van der Waals surface area contributed by atoms with Crippen LogP contribution in [-0.2, 0) is 0 Å². The van der Waals surface area contributed by atoms with Crippen LogP contribution in [0.15, 0.2) is 32.5 Å². The molecule has 0 N–H and O–H groups in total. The number of carbonyl (C=O) groups excluding carboxylic acids is 1. The zero-order valence-corrected chi connectivity index (χ0v) is 13.5. The fourth-order valence-corrected chi connectivity index (χ4v) is 3.88. The Hall–Kier alpha value is -0.160. The fraction of sp³-hybridized carbons (Fsp3) is 0.0833. The highest BCUT2D eigenvalue weighted by Crippen LogP contribution is 2.34. The third-order valence-corrected chi connectivity index (χ3v) is 5.94. The Morgan fingerprint density at radius 1 is 1.29 bits per heavy atom. The van der Waals surface area contributed by atoms with Crippen molar-refractivity contribution < 1.29 is 4.79 Å². The van der Waals surface area contributed by atoms with E-state index in [0.717, 1.165) is 14.5 Å². The van der Waals surface area contributed by atoms with Gasteiger partial charge in [0.2, 0.25) is 5.78 Å². The predicted molar refractivity (Wildman–Crippen MR) is 79.3 cm³/mol. The monoisotopic (exact) mass is 392 g/mol. The SMILES string of the molecule is Cc1cc(Cl)cc(C(=O)c2scc(Br)c2Br)c1. The van der Waals surface area contributed by atoms with Crippen LogP contribution in [0.5, 0.6) is 0 Å². The topological polar surface area (TPSA) is 17.1 Å². The molecule has 2 rings (SSSR count). The zero-order valence-electron chi connectivity index (χ0n) is 8.76. The summed E-state index contributed by atoms with van der Waals surface area (Å²) in [6.07, 6.45) is 0. The molecule has 0 saturated heterocycles. The third-order valence-electron chi connectivity index (χ3n) is 2.20. The van der Waals surface area contributed by atoms with Crippen LogP contribution in [0.1, 0.15) is 20.8 Å². The van der Waals surface area contributed by atoms with E-state index in [2.05, 4.69) is 31.9 Å². The Balaban J connectivity index is 2.47. The summed E-state index contributed by atoms with van der Waals surface area (Å²) in [6, 6.07) is 5.36. The first-order chi connectivity index (χ1) is 7.99. The summed E-state index contributed by atoms with van der Waals surface area (Å²) in [6.45, 7) is 1.92. The zero-order chi connectivity index (χ0) is 12.6. The van der Waals surface area contributed by atoms with E-state index < -0.39 is 0 Å². The van der Waals surface area contributed by atoms with Gasteiger partial charge in [-0.3, -0.25) is 4.79 Å². The maximum atomic E-state index is 12.3. The van der Waals surface area contributed by atoms with E-state index in [4.69, 9.17) is 11.6 Å². The number of carbonyl (C=O) groups is 1. The molecule has 0 saturated carbocycles. The standard InChI is InChI=1S/C12H7Br2ClOS/c1-6-2-7(4-8(15)3-6)11(16)12-10(14)9(13)5-17-12/h2-5H,1H3. The van der Waals surface area contributed by atoms with Crippen LogP contribution < -0.4 is 0 Å². The first-order valence-corrected chi connectivity index (χ1v) is 7.58. The van der Waals surface area contributed by atoms with Gasteiger partial charge in [-0.1, -0.05) is 11.6 Å². The Labute approximate surface area is 125 Å². The minimum Gasteiger partial charge on any atom is -0.288 e. The summed E-state index contributed by atoms with van der Waals surface area (Å²) < 4.78 is 1.69. The van der Waals surface area contributed by atoms with Gasteiger partial charge in [-0.15, -0.1) is 11.3 Å². The van der Waals surface area contributed by atoms with Crippen molar-refractivity contribution in [2.45, 2.75) is 6.92 Å². The molecular weight excluding hydrogens is 387 g/mol. The van der Waals surface area contributed by atoms with Crippen molar-refractivity contribution in [1.29, 1.82) is 0 Å². The van der Waals surface area contributed by atoms with E-state index in [-0.39, 0.29) is 5.78 Å². The molecule has 0 aliphatic rings. The molecule has 88 valence electrons. The van der Waals surface area contributed by atoms with Crippen LogP contribution in [0.2, 0.25) is 5.02 Å². The molecule has 0 unspecified atom stereocenters. The molecule has 0 bridgehead atoms. The number of halogens is 3. The van der Waals surface area contributed by atoms with Crippen LogP contribution in [0.25, 0.3) is 0 Å². The van der Waals surface area contributed by atoms with Crippen LogP contribution >= 0.6 is 54.8 Å². The third kappa shape index (κ3) is 2.81. The van der Waals surface area contributed by atoms with Gasteiger partial charge in [-0.25, -0.2) is 0 Å². The lowest BCUT2D eigenvalue weighted by molar-refractivity contribution is 0.104. The van der Waals surface area contributed by atoms with E-state index in [1.807, 2.05) is 24.4 Å². The molecule has 0 atom stereocenters. The van der Waals surface area contributed by atoms with E-state index in [1.165, 1.54) is 11.3 Å². The van der Waals surface area contributed by atoms with Crippen LogP contribution in [0.4, 0.5) is 0 Å². The molecule has 0 aliphatic carbocycles. The maximum Gasteiger partial charge on any atom is 0.204 e. The van der Waals surface area contributed by atoms with Gasteiger partial charge in [0, 0.05) is 20.4 Å². The average Bonchev–Trinajstić information content (AvgIpc) is 2.57. The van der Waals surface area contributed by atoms with Crippen molar-refractivity contribution in [3.63, 3.8) is 0 Å². The number of hydrogen-bond donors (Lipinski definition) is 0. The number of rotatable bonds is 2. The number of thiophene rings is 1. The Morgan fingerprint density at radius 2 is 2.00 bits per heavy atom. The second kappa shape index (κ2) is 5.22. The maximum absolute atomic E-state index is 12.3. The van der Waals surface area contributed by atoms with Gasteiger partial charge in [0.05, 0.1) is 9.35 Å². The normalized spacial score (nSPS) is 10.6. The lowest BCUT2D eigenvalue weighted by Gasteiger charge is -2.02. The molecule has 1 nitrogen and oxygen atoms in total. The molecule has 0 fully saturated rings. The van der Waals surface area contributed by atoms with Gasteiger partial charge in [0.1, 0.15) is 0 Å². The van der Waals surface area contributed by atoms with E-state index in [9.17, 15) is 4.79 Å². The van der Waals surface area contributed by atoms with Crippen molar-refractivity contribution in [2.75, 3.05) is 0 Å². The Kier molecular flexibility index (Phi) is 4.08. The Bertz CT molecular complexity index is 572. The highest BCUT2D eigenvalue weighted by atomic mass is 79.9. The first-order valence-electron chi connectivity index (χ1n) is 4.73. The largest absolute Gasteiger partial charge is 0.288 e. The lowest BCUT2D eigenvalue weighted by atomic mass is 10.1. The van der Waals surface area contributed by atoms with E-state index in [0.29, 0.717) is 15.5 Å². The van der Waals surface area contributed by atoms with Gasteiger partial charge in [0.25, 0.3) is 0 Å². The number of benzene rings is 1. The summed E-state index contributed by atoms with van der Waals surface area (Å²) in [7, 11) is 0. The van der Waals surface area contributed by atoms with Crippen molar-refractivity contribution in [3.05, 3.63) is 53.6 Å². The Morgan fingerprint density at radius 3 is 2.53 bits per heavy atom. The molecule has 1 aromatic heterocycles. The highest BCUT2D eigenvalue weighted by molar-refractivity contribution is 9.13. The quantitative estimate of drug-likeness (QED) is 0.618. The van der Waals surface area contributed by atoms with Crippen molar-refractivity contribution in [3.8, 4) is 0 Å². The minimum atomic E-state index is -0.0156. The fourth-order valence-electron chi connectivity index (χ4n) is 1.47. The molecule has 17 heavy (non-hydrogen) atoms. The van der Waals surface area contributed by atoms with Gasteiger partial charge < -0.3 is 0 Å². The van der Waals surface area contributed by atoms with Gasteiger partial charge in [-0.2, -0.15) is 0 Å². The van der Waals surface area contributed by atoms with Crippen molar-refractivity contribution in [1.82, 2.24) is 0 Å². The molecule has 0 aliphatic heterocycles. The minimum absolute atomic E-state index is 0.0156. The van der Waals surface area contributed by atoms with Crippen LogP contribution in [0, 0.1) is 6.92 Å². The molecule has 1 heterocycles.